The Morgan fingerprint density at radius 1 is 1.43 bits per heavy atom. The van der Waals surface area contributed by atoms with Crippen LogP contribution in [0, 0.1) is 11.3 Å². The maximum atomic E-state index is 13.0. The van der Waals surface area contributed by atoms with E-state index in [0.29, 0.717) is 25.2 Å². The standard InChI is InChI=1S/C22H22N4O2/c23-14-21-20(7-4-9-24-21)18-8-10-25(15-18)22(27)26-11-12-28-19(16-26)13-17-5-2-1-3-6-17/h1-2,4-5,7,9,11-12,16,18H,3,6,8,10,13,15H2. The number of likely N-dealkylation sites (tertiary alicyclic amines) is 1. The van der Waals surface area contributed by atoms with E-state index < -0.39 is 0 Å². The van der Waals surface area contributed by atoms with Crippen molar-refractivity contribution in [3.63, 3.8) is 0 Å². The summed E-state index contributed by atoms with van der Waals surface area (Å²) in [4.78, 5) is 20.5. The zero-order valence-corrected chi connectivity index (χ0v) is 15.6. The van der Waals surface area contributed by atoms with Crippen LogP contribution in [0.1, 0.15) is 42.9 Å². The molecule has 6 nitrogen and oxygen atoms in total. The molecule has 2 aliphatic heterocycles. The number of ether oxygens (including phenoxy) is 1. The second kappa shape index (κ2) is 8.13. The Kier molecular flexibility index (Phi) is 5.24. The molecule has 1 aliphatic carbocycles. The molecule has 0 radical (unpaired) electrons. The maximum Gasteiger partial charge on any atom is 0.328 e. The summed E-state index contributed by atoms with van der Waals surface area (Å²) in [6.07, 6.45) is 16.6. The third kappa shape index (κ3) is 3.84. The van der Waals surface area contributed by atoms with Crippen LogP contribution in [-0.2, 0) is 4.74 Å². The van der Waals surface area contributed by atoms with Crippen LogP contribution >= 0.6 is 0 Å². The number of urea groups is 1. The van der Waals surface area contributed by atoms with E-state index in [0.717, 1.165) is 30.6 Å². The Balaban J connectivity index is 1.42. The van der Waals surface area contributed by atoms with Crippen molar-refractivity contribution in [2.45, 2.75) is 31.6 Å². The molecule has 0 bridgehead atoms. The molecule has 0 spiro atoms. The Hall–Kier alpha value is -3.33. The van der Waals surface area contributed by atoms with Gasteiger partial charge in [0.05, 0.1) is 6.20 Å². The van der Waals surface area contributed by atoms with Crippen molar-refractivity contribution in [2.24, 2.45) is 0 Å². The lowest BCUT2D eigenvalue weighted by Gasteiger charge is -2.26. The lowest BCUT2D eigenvalue weighted by atomic mass is 9.97. The molecule has 0 saturated carbocycles. The number of pyridine rings is 1. The molecule has 4 rings (SSSR count). The average Bonchev–Trinajstić information content (AvgIpc) is 3.24. The van der Waals surface area contributed by atoms with Gasteiger partial charge in [0, 0.05) is 37.8 Å². The SMILES string of the molecule is N#Cc1ncccc1C1CCN(C(=O)N2C=COC(CC3=CC=CCC3)=C2)C1. The largest absolute Gasteiger partial charge is 0.466 e. The van der Waals surface area contributed by atoms with Crippen molar-refractivity contribution < 1.29 is 9.53 Å². The number of nitriles is 1. The van der Waals surface area contributed by atoms with E-state index in [1.54, 1.807) is 29.8 Å². The molecule has 1 unspecified atom stereocenters. The van der Waals surface area contributed by atoms with E-state index in [1.807, 2.05) is 17.0 Å². The fraction of sp³-hybridized carbons (Fsp3) is 0.318. The summed E-state index contributed by atoms with van der Waals surface area (Å²) >= 11 is 0. The number of rotatable bonds is 3. The first-order valence-corrected chi connectivity index (χ1v) is 9.55. The number of hydrogen-bond acceptors (Lipinski definition) is 4. The van der Waals surface area contributed by atoms with Crippen LogP contribution < -0.4 is 0 Å². The molecule has 2 amide bonds. The maximum absolute atomic E-state index is 13.0. The first kappa shape index (κ1) is 18.1. The quantitative estimate of drug-likeness (QED) is 0.796. The highest BCUT2D eigenvalue weighted by atomic mass is 16.5. The van der Waals surface area contributed by atoms with E-state index in [-0.39, 0.29) is 11.9 Å². The molecular formula is C22H22N4O2. The number of carbonyl (C=O) groups is 1. The van der Waals surface area contributed by atoms with Crippen molar-refractivity contribution in [1.82, 2.24) is 14.8 Å². The zero-order chi connectivity index (χ0) is 19.3. The monoisotopic (exact) mass is 374 g/mol. The second-order valence-corrected chi connectivity index (χ2v) is 7.14. The van der Waals surface area contributed by atoms with Crippen LogP contribution in [0.15, 0.2) is 66.6 Å². The minimum absolute atomic E-state index is 0.0699. The number of aromatic nitrogens is 1. The van der Waals surface area contributed by atoms with Gasteiger partial charge in [-0.3, -0.25) is 4.90 Å². The molecular weight excluding hydrogens is 352 g/mol. The third-order valence-electron chi connectivity index (χ3n) is 5.29. The number of carbonyl (C=O) groups excluding carboxylic acids is 1. The molecule has 1 aromatic heterocycles. The van der Waals surface area contributed by atoms with Gasteiger partial charge in [-0.15, -0.1) is 0 Å². The smallest absolute Gasteiger partial charge is 0.328 e. The zero-order valence-electron chi connectivity index (χ0n) is 15.6. The van der Waals surface area contributed by atoms with Crippen molar-refractivity contribution in [3.8, 4) is 6.07 Å². The topological polar surface area (TPSA) is 69.5 Å². The van der Waals surface area contributed by atoms with Gasteiger partial charge in [0.25, 0.3) is 0 Å². The molecule has 3 aliphatic rings. The van der Waals surface area contributed by atoms with Crippen molar-refractivity contribution in [3.05, 3.63) is 77.8 Å². The van der Waals surface area contributed by atoms with E-state index in [4.69, 9.17) is 4.74 Å². The molecule has 1 saturated heterocycles. The lowest BCUT2D eigenvalue weighted by molar-refractivity contribution is 0.184. The summed E-state index contributed by atoms with van der Waals surface area (Å²) in [5.74, 6) is 0.909. The van der Waals surface area contributed by atoms with Crippen molar-refractivity contribution >= 4 is 6.03 Å². The van der Waals surface area contributed by atoms with Gasteiger partial charge in [-0.1, -0.05) is 29.9 Å². The van der Waals surface area contributed by atoms with Gasteiger partial charge in [0.1, 0.15) is 23.8 Å². The number of hydrogen-bond donors (Lipinski definition) is 0. The highest BCUT2D eigenvalue weighted by molar-refractivity contribution is 5.77. The first-order chi connectivity index (χ1) is 13.7. The highest BCUT2D eigenvalue weighted by Crippen LogP contribution is 2.30. The van der Waals surface area contributed by atoms with Crippen LogP contribution in [0.2, 0.25) is 0 Å². The summed E-state index contributed by atoms with van der Waals surface area (Å²) in [5.41, 5.74) is 2.68. The number of amides is 2. The fourth-order valence-electron chi connectivity index (χ4n) is 3.83. The molecule has 1 atom stereocenters. The molecule has 1 fully saturated rings. The second-order valence-electron chi connectivity index (χ2n) is 7.14. The summed E-state index contributed by atoms with van der Waals surface area (Å²) in [5, 5.41) is 9.28. The summed E-state index contributed by atoms with van der Waals surface area (Å²) < 4.78 is 5.60. The first-order valence-electron chi connectivity index (χ1n) is 9.55. The van der Waals surface area contributed by atoms with Crippen LogP contribution in [0.25, 0.3) is 0 Å². The summed E-state index contributed by atoms with van der Waals surface area (Å²) in [6.45, 7) is 1.25. The van der Waals surface area contributed by atoms with E-state index in [9.17, 15) is 10.1 Å². The van der Waals surface area contributed by atoms with E-state index >= 15 is 0 Å². The minimum atomic E-state index is -0.0699. The van der Waals surface area contributed by atoms with E-state index in [1.165, 1.54) is 5.57 Å². The third-order valence-corrected chi connectivity index (χ3v) is 5.29. The molecule has 6 heteroatoms. The normalized spacial score (nSPS) is 21.0. The van der Waals surface area contributed by atoms with Crippen LogP contribution in [0.4, 0.5) is 4.79 Å². The predicted octanol–water partition coefficient (Wildman–Crippen LogP) is 4.17. The average molecular weight is 374 g/mol. The van der Waals surface area contributed by atoms with Gasteiger partial charge in [-0.25, -0.2) is 9.78 Å². The predicted molar refractivity (Wildman–Crippen MR) is 105 cm³/mol. The van der Waals surface area contributed by atoms with Gasteiger partial charge in [-0.2, -0.15) is 5.26 Å². The highest BCUT2D eigenvalue weighted by Gasteiger charge is 2.31. The summed E-state index contributed by atoms with van der Waals surface area (Å²) in [6, 6.07) is 5.86. The van der Waals surface area contributed by atoms with Gasteiger partial charge < -0.3 is 9.64 Å². The lowest BCUT2D eigenvalue weighted by Crippen LogP contribution is -2.37. The van der Waals surface area contributed by atoms with Gasteiger partial charge in [-0.05, 0) is 30.9 Å². The molecule has 142 valence electrons. The van der Waals surface area contributed by atoms with E-state index in [2.05, 4.69) is 29.3 Å². The number of allylic oxidation sites excluding steroid dienone is 4. The molecule has 0 N–H and O–H groups in total. The van der Waals surface area contributed by atoms with Crippen molar-refractivity contribution in [2.75, 3.05) is 13.1 Å². The summed E-state index contributed by atoms with van der Waals surface area (Å²) in [7, 11) is 0. The van der Waals surface area contributed by atoms with Crippen LogP contribution in [0.5, 0.6) is 0 Å². The fourth-order valence-corrected chi connectivity index (χ4v) is 3.83. The van der Waals surface area contributed by atoms with Gasteiger partial charge in [0.15, 0.2) is 0 Å². The number of nitrogens with zero attached hydrogens (tertiary/aromatic N) is 4. The Morgan fingerprint density at radius 3 is 3.18 bits per heavy atom. The van der Waals surface area contributed by atoms with Crippen molar-refractivity contribution in [1.29, 1.82) is 5.26 Å². The molecule has 28 heavy (non-hydrogen) atoms. The van der Waals surface area contributed by atoms with Gasteiger partial charge >= 0.3 is 6.03 Å². The van der Waals surface area contributed by atoms with Crippen LogP contribution in [-0.4, -0.2) is 33.9 Å². The van der Waals surface area contributed by atoms with Crippen LogP contribution in [0.3, 0.4) is 0 Å². The Bertz CT molecular complexity index is 923. The Labute approximate surface area is 164 Å². The molecule has 1 aromatic rings. The van der Waals surface area contributed by atoms with Gasteiger partial charge in [0.2, 0.25) is 0 Å². The molecule has 0 aromatic carbocycles. The molecule has 3 heterocycles. The Morgan fingerprint density at radius 2 is 2.36 bits per heavy atom. The minimum Gasteiger partial charge on any atom is -0.466 e.